The second-order valence-electron chi connectivity index (χ2n) is 2.84. The summed E-state index contributed by atoms with van der Waals surface area (Å²) in [6.45, 7) is 1.40. The summed E-state index contributed by atoms with van der Waals surface area (Å²) in [5.74, 6) is 0. The standard InChI is InChI=1S/C9H8F2N2O/c1-5-7(8(10)11)4-6(2-3-12)9(14)13-5/h4,8H,2H2,1H3,(H,13,14). The molecule has 0 fully saturated rings. The van der Waals surface area contributed by atoms with Gasteiger partial charge in [-0.2, -0.15) is 5.26 Å². The molecule has 14 heavy (non-hydrogen) atoms. The predicted molar refractivity (Wildman–Crippen MR) is 46.1 cm³/mol. The van der Waals surface area contributed by atoms with Crippen LogP contribution in [0.1, 0.15) is 23.2 Å². The Morgan fingerprint density at radius 1 is 1.64 bits per heavy atom. The molecule has 1 rings (SSSR count). The van der Waals surface area contributed by atoms with Crippen LogP contribution in [-0.2, 0) is 6.42 Å². The Kier molecular flexibility index (Phi) is 2.97. The summed E-state index contributed by atoms with van der Waals surface area (Å²) in [4.78, 5) is 13.4. The van der Waals surface area contributed by atoms with Gasteiger partial charge >= 0.3 is 0 Å². The minimum absolute atomic E-state index is 0.0772. The summed E-state index contributed by atoms with van der Waals surface area (Å²) in [5, 5.41) is 8.35. The number of aromatic amines is 1. The number of aromatic nitrogens is 1. The van der Waals surface area contributed by atoms with E-state index in [0.29, 0.717) is 0 Å². The first-order valence-electron chi connectivity index (χ1n) is 3.94. The van der Waals surface area contributed by atoms with Gasteiger partial charge < -0.3 is 4.98 Å². The van der Waals surface area contributed by atoms with E-state index < -0.39 is 12.0 Å². The monoisotopic (exact) mass is 198 g/mol. The molecule has 0 aliphatic carbocycles. The zero-order valence-electron chi connectivity index (χ0n) is 7.47. The molecule has 0 saturated heterocycles. The molecule has 0 atom stereocenters. The third-order valence-corrected chi connectivity index (χ3v) is 1.86. The molecule has 0 saturated carbocycles. The van der Waals surface area contributed by atoms with Gasteiger partial charge in [0.1, 0.15) is 0 Å². The highest BCUT2D eigenvalue weighted by Gasteiger charge is 2.13. The van der Waals surface area contributed by atoms with E-state index >= 15 is 0 Å². The minimum atomic E-state index is -2.63. The smallest absolute Gasteiger partial charge is 0.265 e. The molecule has 5 heteroatoms. The van der Waals surface area contributed by atoms with E-state index in [2.05, 4.69) is 4.98 Å². The van der Waals surface area contributed by atoms with Gasteiger partial charge in [-0.1, -0.05) is 0 Å². The van der Waals surface area contributed by atoms with E-state index in [1.165, 1.54) is 6.92 Å². The average Bonchev–Trinajstić information content (AvgIpc) is 2.09. The van der Waals surface area contributed by atoms with Crippen molar-refractivity contribution in [2.45, 2.75) is 19.8 Å². The molecule has 0 amide bonds. The van der Waals surface area contributed by atoms with Crippen LogP contribution < -0.4 is 5.56 Å². The van der Waals surface area contributed by atoms with Crippen LogP contribution in [0.5, 0.6) is 0 Å². The molecule has 0 aliphatic heterocycles. The van der Waals surface area contributed by atoms with Gasteiger partial charge in [-0.25, -0.2) is 8.78 Å². The normalized spacial score (nSPS) is 10.2. The Labute approximate surface area is 79.0 Å². The number of hydrogen-bond donors (Lipinski definition) is 1. The van der Waals surface area contributed by atoms with Gasteiger partial charge in [-0.05, 0) is 13.0 Å². The first kappa shape index (κ1) is 10.4. The van der Waals surface area contributed by atoms with Crippen LogP contribution in [0, 0.1) is 18.3 Å². The zero-order valence-corrected chi connectivity index (χ0v) is 7.47. The number of aryl methyl sites for hydroxylation is 1. The topological polar surface area (TPSA) is 56.6 Å². The van der Waals surface area contributed by atoms with Crippen molar-refractivity contribution in [2.75, 3.05) is 0 Å². The summed E-state index contributed by atoms with van der Waals surface area (Å²) in [5.41, 5.74) is -0.483. The van der Waals surface area contributed by atoms with Gasteiger partial charge in [0.2, 0.25) is 0 Å². The van der Waals surface area contributed by atoms with Gasteiger partial charge in [-0.3, -0.25) is 4.79 Å². The van der Waals surface area contributed by atoms with Crippen LogP contribution in [0.2, 0.25) is 0 Å². The molecule has 0 bridgehead atoms. The number of halogens is 2. The number of pyridine rings is 1. The van der Waals surface area contributed by atoms with Gasteiger partial charge in [0.05, 0.1) is 12.5 Å². The Bertz CT molecular complexity index is 431. The van der Waals surface area contributed by atoms with E-state index in [4.69, 9.17) is 5.26 Å². The van der Waals surface area contributed by atoms with Crippen molar-refractivity contribution >= 4 is 0 Å². The van der Waals surface area contributed by atoms with Gasteiger partial charge in [0.25, 0.3) is 12.0 Å². The number of H-pyrrole nitrogens is 1. The summed E-state index contributed by atoms with van der Waals surface area (Å²) < 4.78 is 24.7. The fraction of sp³-hybridized carbons (Fsp3) is 0.333. The Balaban J connectivity index is 3.29. The third kappa shape index (κ3) is 1.96. The largest absolute Gasteiger partial charge is 0.326 e. The molecule has 74 valence electrons. The number of hydrogen-bond acceptors (Lipinski definition) is 2. The van der Waals surface area contributed by atoms with Crippen molar-refractivity contribution < 1.29 is 8.78 Å². The number of nitriles is 1. The fourth-order valence-corrected chi connectivity index (χ4v) is 1.13. The lowest BCUT2D eigenvalue weighted by molar-refractivity contribution is 0.150. The van der Waals surface area contributed by atoms with Gasteiger partial charge in [0, 0.05) is 16.8 Å². The molecule has 3 nitrogen and oxygen atoms in total. The van der Waals surface area contributed by atoms with Gasteiger partial charge in [-0.15, -0.1) is 0 Å². The summed E-state index contributed by atoms with van der Waals surface area (Å²) in [6, 6.07) is 2.83. The molecule has 0 aromatic carbocycles. The predicted octanol–water partition coefficient (Wildman–Crippen LogP) is 1.69. The second-order valence-corrected chi connectivity index (χ2v) is 2.84. The fourth-order valence-electron chi connectivity index (χ4n) is 1.13. The zero-order chi connectivity index (χ0) is 10.7. The van der Waals surface area contributed by atoms with Crippen LogP contribution in [0.25, 0.3) is 0 Å². The van der Waals surface area contributed by atoms with Crippen LogP contribution in [-0.4, -0.2) is 4.98 Å². The minimum Gasteiger partial charge on any atom is -0.326 e. The number of alkyl halides is 2. The van der Waals surface area contributed by atoms with E-state index in [0.717, 1.165) is 6.07 Å². The first-order chi connectivity index (χ1) is 6.56. The lowest BCUT2D eigenvalue weighted by atomic mass is 10.1. The van der Waals surface area contributed by atoms with E-state index in [1.54, 1.807) is 6.07 Å². The number of rotatable bonds is 2. The van der Waals surface area contributed by atoms with Crippen molar-refractivity contribution in [3.8, 4) is 6.07 Å². The number of nitrogens with one attached hydrogen (secondary N) is 1. The summed E-state index contributed by atoms with van der Waals surface area (Å²) in [7, 11) is 0. The Morgan fingerprint density at radius 2 is 2.29 bits per heavy atom. The van der Waals surface area contributed by atoms with Crippen LogP contribution in [0.4, 0.5) is 8.78 Å². The molecular formula is C9H8F2N2O. The van der Waals surface area contributed by atoms with Crippen molar-refractivity contribution in [1.29, 1.82) is 5.26 Å². The SMILES string of the molecule is Cc1[nH]c(=O)c(CC#N)cc1C(F)F. The average molecular weight is 198 g/mol. The van der Waals surface area contributed by atoms with E-state index in [-0.39, 0.29) is 23.2 Å². The van der Waals surface area contributed by atoms with E-state index in [9.17, 15) is 13.6 Å². The highest BCUT2D eigenvalue weighted by Crippen LogP contribution is 2.20. The highest BCUT2D eigenvalue weighted by atomic mass is 19.3. The molecule has 0 aliphatic rings. The van der Waals surface area contributed by atoms with Crippen molar-refractivity contribution in [3.63, 3.8) is 0 Å². The van der Waals surface area contributed by atoms with Crippen LogP contribution >= 0.6 is 0 Å². The maximum atomic E-state index is 12.4. The highest BCUT2D eigenvalue weighted by molar-refractivity contribution is 5.27. The molecule has 0 spiro atoms. The Hall–Kier alpha value is -1.70. The summed E-state index contributed by atoms with van der Waals surface area (Å²) in [6.07, 6.45) is -2.79. The maximum absolute atomic E-state index is 12.4. The van der Waals surface area contributed by atoms with Crippen molar-refractivity contribution in [2.24, 2.45) is 0 Å². The molecule has 1 heterocycles. The van der Waals surface area contributed by atoms with E-state index in [1.807, 2.05) is 0 Å². The molecule has 1 aromatic rings. The first-order valence-corrected chi connectivity index (χ1v) is 3.94. The second kappa shape index (κ2) is 4.01. The molecule has 1 N–H and O–H groups in total. The quantitative estimate of drug-likeness (QED) is 0.786. The van der Waals surface area contributed by atoms with Crippen molar-refractivity contribution in [1.82, 2.24) is 4.98 Å². The third-order valence-electron chi connectivity index (χ3n) is 1.86. The lowest BCUT2D eigenvalue weighted by Crippen LogP contribution is -2.15. The Morgan fingerprint density at radius 3 is 2.79 bits per heavy atom. The molecule has 0 radical (unpaired) electrons. The van der Waals surface area contributed by atoms with Gasteiger partial charge in [0.15, 0.2) is 0 Å². The molecule has 0 unspecified atom stereocenters. The van der Waals surface area contributed by atoms with Crippen LogP contribution in [0.3, 0.4) is 0 Å². The number of nitrogens with zero attached hydrogens (tertiary/aromatic N) is 1. The maximum Gasteiger partial charge on any atom is 0.265 e. The van der Waals surface area contributed by atoms with Crippen LogP contribution in [0.15, 0.2) is 10.9 Å². The molecular weight excluding hydrogens is 190 g/mol. The summed E-state index contributed by atoms with van der Waals surface area (Å²) >= 11 is 0. The lowest BCUT2D eigenvalue weighted by Gasteiger charge is -2.05. The van der Waals surface area contributed by atoms with Crippen molar-refractivity contribution in [3.05, 3.63) is 33.2 Å². The molecule has 1 aromatic heterocycles.